The van der Waals surface area contributed by atoms with Gasteiger partial charge < -0.3 is 16.0 Å². The van der Waals surface area contributed by atoms with Crippen LogP contribution < -0.4 is 16.0 Å². The lowest BCUT2D eigenvalue weighted by molar-refractivity contribution is 0.0954. The Morgan fingerprint density at radius 2 is 1.73 bits per heavy atom. The smallest absolute Gasteiger partial charge is 0.252 e. The Labute approximate surface area is 198 Å². The van der Waals surface area contributed by atoms with Crippen LogP contribution >= 0.6 is 35.6 Å². The van der Waals surface area contributed by atoms with Gasteiger partial charge in [-0.3, -0.25) is 9.79 Å². The van der Waals surface area contributed by atoms with E-state index in [0.717, 1.165) is 18.4 Å². The molecule has 2 aromatic carbocycles. The summed E-state index contributed by atoms with van der Waals surface area (Å²) in [4.78, 5) is 16.8. The van der Waals surface area contributed by atoms with E-state index in [9.17, 15) is 9.18 Å². The molecule has 162 valence electrons. The molecule has 0 atom stereocenters. The van der Waals surface area contributed by atoms with Crippen molar-refractivity contribution in [2.45, 2.75) is 25.2 Å². The molecule has 1 amide bonds. The van der Waals surface area contributed by atoms with E-state index < -0.39 is 0 Å². The molecule has 2 aromatic rings. The third-order valence-corrected chi connectivity index (χ3v) is 5.33. The van der Waals surface area contributed by atoms with Crippen molar-refractivity contribution < 1.29 is 9.18 Å². The van der Waals surface area contributed by atoms with Gasteiger partial charge in [0.15, 0.2) is 5.96 Å². The third-order valence-electron chi connectivity index (χ3n) is 5.00. The number of hydrogen-bond donors (Lipinski definition) is 3. The van der Waals surface area contributed by atoms with Gasteiger partial charge in [-0.2, -0.15) is 0 Å². The van der Waals surface area contributed by atoms with Gasteiger partial charge in [0.25, 0.3) is 5.91 Å². The van der Waals surface area contributed by atoms with Gasteiger partial charge in [0, 0.05) is 25.0 Å². The highest BCUT2D eigenvalue weighted by Crippen LogP contribution is 2.49. The normalized spacial score (nSPS) is 14.4. The fourth-order valence-corrected chi connectivity index (χ4v) is 3.45. The molecule has 0 bridgehead atoms. The maximum atomic E-state index is 14.2. The van der Waals surface area contributed by atoms with E-state index in [4.69, 9.17) is 11.6 Å². The molecule has 0 heterocycles. The summed E-state index contributed by atoms with van der Waals surface area (Å²) in [5.41, 5.74) is 0.994. The number of carbonyl (C=O) groups is 1. The monoisotopic (exact) mass is 544 g/mol. The Kier molecular flexibility index (Phi) is 9.36. The lowest BCUT2D eigenvalue weighted by atomic mass is 9.95. The van der Waals surface area contributed by atoms with Gasteiger partial charge in [-0.25, -0.2) is 4.39 Å². The highest BCUT2D eigenvalue weighted by atomic mass is 127. The van der Waals surface area contributed by atoms with E-state index in [1.165, 1.54) is 6.07 Å². The number of nitrogens with one attached hydrogen (secondary N) is 3. The second-order valence-electron chi connectivity index (χ2n) is 7.12. The summed E-state index contributed by atoms with van der Waals surface area (Å²) in [6.07, 6.45) is 1.87. The van der Waals surface area contributed by atoms with Crippen LogP contribution in [0.25, 0.3) is 0 Å². The Hall–Kier alpha value is -1.87. The zero-order chi connectivity index (χ0) is 20.7. The maximum absolute atomic E-state index is 14.2. The van der Waals surface area contributed by atoms with Crippen molar-refractivity contribution in [3.63, 3.8) is 0 Å². The molecule has 0 spiro atoms. The second-order valence-corrected chi connectivity index (χ2v) is 7.53. The molecule has 1 fully saturated rings. The van der Waals surface area contributed by atoms with Gasteiger partial charge in [-0.05, 0) is 43.5 Å². The Balaban J connectivity index is 0.00000320. The number of carbonyl (C=O) groups excluding carboxylic acids is 1. The Bertz CT molecular complexity index is 889. The first-order chi connectivity index (χ1) is 14.1. The molecule has 1 aliphatic rings. The number of guanidine groups is 1. The number of rotatable bonds is 8. The van der Waals surface area contributed by atoms with Crippen molar-refractivity contribution in [2.24, 2.45) is 4.99 Å². The molecule has 3 rings (SSSR count). The molecule has 3 N–H and O–H groups in total. The lowest BCUT2D eigenvalue weighted by Gasteiger charge is -2.16. The first kappa shape index (κ1) is 24.4. The fourth-order valence-electron chi connectivity index (χ4n) is 3.22. The van der Waals surface area contributed by atoms with Crippen LogP contribution in [0.15, 0.2) is 53.5 Å². The van der Waals surface area contributed by atoms with Crippen LogP contribution in [0.5, 0.6) is 0 Å². The van der Waals surface area contributed by atoms with Gasteiger partial charge in [0.05, 0.1) is 17.1 Å². The van der Waals surface area contributed by atoms with Crippen LogP contribution in [0.3, 0.4) is 0 Å². The van der Waals surface area contributed by atoms with Crippen LogP contribution in [-0.4, -0.2) is 38.0 Å². The number of amides is 1. The second kappa shape index (κ2) is 11.5. The summed E-state index contributed by atoms with van der Waals surface area (Å²) < 4.78 is 14.2. The number of aliphatic imine (C=N–C) groups is 1. The highest BCUT2D eigenvalue weighted by Gasteiger charge is 2.45. The fraction of sp³-hybridized carbons (Fsp3) is 0.364. The minimum Gasteiger partial charge on any atom is -0.357 e. The Morgan fingerprint density at radius 3 is 2.40 bits per heavy atom. The molecular weight excluding hydrogens is 518 g/mol. The molecule has 1 aliphatic carbocycles. The van der Waals surface area contributed by atoms with Gasteiger partial charge in [-0.1, -0.05) is 41.9 Å². The van der Waals surface area contributed by atoms with Gasteiger partial charge in [-0.15, -0.1) is 24.0 Å². The van der Waals surface area contributed by atoms with Crippen molar-refractivity contribution >= 4 is 47.4 Å². The number of halogens is 3. The van der Waals surface area contributed by atoms with Crippen LogP contribution in [0.1, 0.15) is 35.7 Å². The van der Waals surface area contributed by atoms with Crippen LogP contribution in [-0.2, 0) is 5.41 Å². The molecule has 0 saturated heterocycles. The van der Waals surface area contributed by atoms with Crippen molar-refractivity contribution in [1.29, 1.82) is 0 Å². The van der Waals surface area contributed by atoms with Gasteiger partial charge in [0.2, 0.25) is 0 Å². The Morgan fingerprint density at radius 1 is 1.07 bits per heavy atom. The van der Waals surface area contributed by atoms with E-state index >= 15 is 0 Å². The predicted molar refractivity (Wildman–Crippen MR) is 130 cm³/mol. The number of hydrogen-bond acceptors (Lipinski definition) is 2. The summed E-state index contributed by atoms with van der Waals surface area (Å²) >= 11 is 6.04. The van der Waals surface area contributed by atoms with Crippen molar-refractivity contribution in [2.75, 3.05) is 26.2 Å². The van der Waals surface area contributed by atoms with Crippen LogP contribution in [0.2, 0.25) is 5.02 Å². The number of nitrogens with zero attached hydrogens (tertiary/aromatic N) is 1. The van der Waals surface area contributed by atoms with Crippen molar-refractivity contribution in [3.8, 4) is 0 Å². The predicted octanol–water partition coefficient (Wildman–Crippen LogP) is 4.11. The molecule has 0 radical (unpaired) electrons. The summed E-state index contributed by atoms with van der Waals surface area (Å²) in [6, 6.07) is 13.9. The summed E-state index contributed by atoms with van der Waals surface area (Å²) in [5.74, 6) is 0.276. The molecule has 0 aromatic heterocycles. The summed E-state index contributed by atoms with van der Waals surface area (Å²) in [5, 5.41) is 9.66. The first-order valence-electron chi connectivity index (χ1n) is 9.86. The molecule has 30 heavy (non-hydrogen) atoms. The first-order valence-corrected chi connectivity index (χ1v) is 10.2. The van der Waals surface area contributed by atoms with Gasteiger partial charge >= 0.3 is 0 Å². The molecule has 8 heteroatoms. The minimum atomic E-state index is -0.212. The van der Waals surface area contributed by atoms with E-state index in [0.29, 0.717) is 42.7 Å². The van der Waals surface area contributed by atoms with Crippen molar-refractivity contribution in [1.82, 2.24) is 16.0 Å². The molecule has 0 unspecified atom stereocenters. The highest BCUT2D eigenvalue weighted by molar-refractivity contribution is 14.0. The number of benzene rings is 2. The summed E-state index contributed by atoms with van der Waals surface area (Å²) in [6.45, 7) is 4.15. The largest absolute Gasteiger partial charge is 0.357 e. The summed E-state index contributed by atoms with van der Waals surface area (Å²) in [7, 11) is 0. The van der Waals surface area contributed by atoms with Crippen molar-refractivity contribution in [3.05, 3.63) is 70.5 Å². The average molecular weight is 545 g/mol. The van der Waals surface area contributed by atoms with Crippen LogP contribution in [0.4, 0.5) is 4.39 Å². The van der Waals surface area contributed by atoms with Gasteiger partial charge in [0.1, 0.15) is 5.82 Å². The molecule has 0 aliphatic heterocycles. The lowest BCUT2D eigenvalue weighted by Crippen LogP contribution is -2.42. The van der Waals surface area contributed by atoms with Crippen LogP contribution in [0, 0.1) is 5.82 Å². The molecular formula is C22H27ClFIN4O. The topological polar surface area (TPSA) is 65.5 Å². The van der Waals surface area contributed by atoms with E-state index in [1.807, 2.05) is 19.1 Å². The molecule has 1 saturated carbocycles. The maximum Gasteiger partial charge on any atom is 0.252 e. The standard InChI is InChI=1S/C22H26ClFN4O.HI/c1-2-25-21(27-14-13-26-20(29)16-7-3-5-9-18(16)23)28-15-22(11-12-22)17-8-4-6-10-19(17)24;/h3-10H,2,11-15H2,1H3,(H,26,29)(H2,25,27,28);1H. The molecule has 5 nitrogen and oxygen atoms in total. The third kappa shape index (κ3) is 6.31. The average Bonchev–Trinajstić information content (AvgIpc) is 3.50. The van der Waals surface area contributed by atoms with E-state index in [-0.39, 0.29) is 41.1 Å². The van der Waals surface area contributed by atoms with E-state index in [2.05, 4.69) is 20.9 Å². The SMILES string of the molecule is CCNC(=NCC1(c2ccccc2F)CC1)NCCNC(=O)c1ccccc1Cl.I. The van der Waals surface area contributed by atoms with E-state index in [1.54, 1.807) is 30.3 Å². The quantitative estimate of drug-likeness (QED) is 0.203. The zero-order valence-corrected chi connectivity index (χ0v) is 20.0. The zero-order valence-electron chi connectivity index (χ0n) is 16.9. The minimum absolute atomic E-state index is 0.